The lowest BCUT2D eigenvalue weighted by Crippen LogP contribution is -2.54. The third kappa shape index (κ3) is 6.24. The fourth-order valence-electron chi connectivity index (χ4n) is 17.4. The van der Waals surface area contributed by atoms with E-state index in [-0.39, 0.29) is 21.9 Å². The van der Waals surface area contributed by atoms with Crippen molar-refractivity contribution in [3.8, 4) is 33.4 Å². The largest absolute Gasteiger partial charge is 0.334 e. The molecule has 2 heterocycles. The maximum Gasteiger partial charge on any atom is 0.0720 e. The monoisotopic (exact) mass is 1020 g/mol. The Morgan fingerprint density at radius 2 is 0.772 bits per heavy atom. The molecule has 79 heavy (non-hydrogen) atoms. The minimum absolute atomic E-state index is 0.000911. The van der Waals surface area contributed by atoms with Gasteiger partial charge in [-0.15, -0.1) is 0 Å². The summed E-state index contributed by atoms with van der Waals surface area (Å²) in [5.74, 6) is 0. The lowest BCUT2D eigenvalue weighted by Gasteiger charge is -2.50. The molecule has 2 aliphatic heterocycles. The van der Waals surface area contributed by atoms with Gasteiger partial charge in [0.15, 0.2) is 0 Å². The summed E-state index contributed by atoms with van der Waals surface area (Å²) in [6, 6.07) is 75.2. The molecule has 4 unspecified atom stereocenters. The van der Waals surface area contributed by atoms with Crippen molar-refractivity contribution in [2.75, 3.05) is 9.80 Å². The first-order valence-corrected chi connectivity index (χ1v) is 29.6. The molecule has 4 atom stereocenters. The average molecular weight is 1030 g/mol. The number of para-hydroxylation sites is 2. The maximum atomic E-state index is 2.75. The van der Waals surface area contributed by atoms with E-state index < -0.39 is 5.41 Å². The molecule has 0 bridgehead atoms. The molecule has 0 aromatic heterocycles. The SMILES string of the molecule is Cc1c(-c2ccc3c(c2)C(c2ccccc2)(c2ccccc2)c2c-3c3ccccc3c3cc(-c4cc5c(c(C)c4C)N(c4ccccc4)C4(C)CCCCC54C)ccc23)cc2c(c1C)N(c1ccccc1)C1(C)CCCCC21C. The fraction of sp³-hybridized carbons (Fsp3) is 0.273. The number of hydrogen-bond donors (Lipinski definition) is 0. The minimum atomic E-state index is -0.619. The zero-order chi connectivity index (χ0) is 53.8. The molecule has 390 valence electrons. The summed E-state index contributed by atoms with van der Waals surface area (Å²) in [5, 5.41) is 5.24. The van der Waals surface area contributed by atoms with Crippen molar-refractivity contribution in [2.24, 2.45) is 0 Å². The van der Waals surface area contributed by atoms with Gasteiger partial charge in [-0.3, -0.25) is 0 Å². The second-order valence-electron chi connectivity index (χ2n) is 25.4. The summed E-state index contributed by atoms with van der Waals surface area (Å²) in [5.41, 5.74) is 26.6. The highest BCUT2D eigenvalue weighted by Gasteiger charge is 2.60. The van der Waals surface area contributed by atoms with Crippen LogP contribution in [0.15, 0.2) is 194 Å². The molecule has 0 spiro atoms. The van der Waals surface area contributed by atoms with E-state index in [1.165, 1.54) is 185 Å². The van der Waals surface area contributed by atoms with Crippen molar-refractivity contribution in [1.29, 1.82) is 0 Å². The molecule has 0 saturated heterocycles. The topological polar surface area (TPSA) is 6.48 Å². The predicted octanol–water partition coefficient (Wildman–Crippen LogP) is 20.4. The Kier molecular flexibility index (Phi) is 10.5. The normalized spacial score (nSPS) is 23.3. The molecular formula is C77H72N2. The van der Waals surface area contributed by atoms with E-state index in [1.54, 1.807) is 0 Å². The Labute approximate surface area is 468 Å². The molecule has 15 rings (SSSR count). The van der Waals surface area contributed by atoms with Gasteiger partial charge < -0.3 is 9.80 Å². The highest BCUT2D eigenvalue weighted by molar-refractivity contribution is 6.20. The van der Waals surface area contributed by atoms with E-state index >= 15 is 0 Å². The van der Waals surface area contributed by atoms with Crippen LogP contribution in [-0.2, 0) is 16.2 Å². The first kappa shape index (κ1) is 48.4. The van der Waals surface area contributed by atoms with Gasteiger partial charge in [0.1, 0.15) is 0 Å². The van der Waals surface area contributed by atoms with E-state index in [4.69, 9.17) is 0 Å². The van der Waals surface area contributed by atoms with Gasteiger partial charge in [0.2, 0.25) is 0 Å². The van der Waals surface area contributed by atoms with Gasteiger partial charge in [-0.2, -0.15) is 0 Å². The number of fused-ring (bicyclic) bond motifs is 14. The third-order valence-electron chi connectivity index (χ3n) is 22.1. The summed E-state index contributed by atoms with van der Waals surface area (Å²) in [6.07, 6.45) is 9.77. The highest BCUT2D eigenvalue weighted by Crippen LogP contribution is 2.66. The summed E-state index contributed by atoms with van der Waals surface area (Å²) in [7, 11) is 0. The van der Waals surface area contributed by atoms with Gasteiger partial charge in [0, 0.05) is 33.6 Å². The van der Waals surface area contributed by atoms with Crippen molar-refractivity contribution in [1.82, 2.24) is 0 Å². The maximum absolute atomic E-state index is 2.75. The summed E-state index contributed by atoms with van der Waals surface area (Å²) < 4.78 is 0. The van der Waals surface area contributed by atoms with Crippen LogP contribution in [0.5, 0.6) is 0 Å². The molecular weight excluding hydrogens is 953 g/mol. The van der Waals surface area contributed by atoms with Crippen LogP contribution in [0.25, 0.3) is 54.9 Å². The van der Waals surface area contributed by atoms with Crippen LogP contribution < -0.4 is 9.80 Å². The first-order valence-electron chi connectivity index (χ1n) is 29.6. The molecule has 2 nitrogen and oxygen atoms in total. The van der Waals surface area contributed by atoms with Crippen LogP contribution in [0, 0.1) is 27.7 Å². The van der Waals surface area contributed by atoms with Crippen molar-refractivity contribution in [3.63, 3.8) is 0 Å². The average Bonchev–Trinajstić information content (AvgIpc) is 4.23. The van der Waals surface area contributed by atoms with E-state index in [2.05, 4.69) is 259 Å². The van der Waals surface area contributed by atoms with E-state index in [9.17, 15) is 0 Å². The van der Waals surface area contributed by atoms with Crippen LogP contribution in [0.4, 0.5) is 22.7 Å². The molecule has 0 amide bonds. The number of benzene rings is 10. The molecule has 10 aromatic rings. The van der Waals surface area contributed by atoms with Crippen molar-refractivity contribution in [3.05, 3.63) is 250 Å². The highest BCUT2D eigenvalue weighted by atomic mass is 15.3. The number of hydrogen-bond acceptors (Lipinski definition) is 2. The predicted molar refractivity (Wildman–Crippen MR) is 334 cm³/mol. The Balaban J connectivity index is 0.976. The minimum Gasteiger partial charge on any atom is -0.334 e. The summed E-state index contributed by atoms with van der Waals surface area (Å²) >= 11 is 0. The van der Waals surface area contributed by atoms with Gasteiger partial charge in [0.05, 0.1) is 16.5 Å². The second-order valence-corrected chi connectivity index (χ2v) is 25.4. The van der Waals surface area contributed by atoms with Crippen LogP contribution in [0.3, 0.4) is 0 Å². The van der Waals surface area contributed by atoms with Crippen molar-refractivity contribution < 1.29 is 0 Å². The standard InChI is InChI=1S/C77H72N2/c1-49-51(3)71-67(73(5)41-23-25-43-75(73,7)78(71)57-31-17-11-18-32-57)47-63(49)53-37-39-61-65(45-53)59-35-21-22-36-60(59)69-62-40-38-54(46-66(62)77(70(61)69,55-27-13-9-14-28-55)56-29-15-10-16-30-56)64-48-68-72(52(4)50(64)2)79(58-33-19-12-20-34-58)76(8)44-26-24-42-74(68,76)6/h9-22,27-40,45-48H,23-26,41-44H2,1-8H3. The number of nitrogens with zero attached hydrogens (tertiary/aromatic N) is 2. The molecule has 3 aliphatic carbocycles. The number of anilines is 4. The van der Waals surface area contributed by atoms with Crippen LogP contribution in [-0.4, -0.2) is 11.1 Å². The molecule has 5 aliphatic rings. The van der Waals surface area contributed by atoms with E-state index in [1.807, 2.05) is 0 Å². The Morgan fingerprint density at radius 3 is 1.28 bits per heavy atom. The third-order valence-corrected chi connectivity index (χ3v) is 22.1. The van der Waals surface area contributed by atoms with Crippen molar-refractivity contribution in [2.45, 2.75) is 134 Å². The van der Waals surface area contributed by atoms with Crippen molar-refractivity contribution >= 4 is 44.3 Å². The lowest BCUT2D eigenvalue weighted by molar-refractivity contribution is 0.195. The zero-order valence-corrected chi connectivity index (χ0v) is 47.5. The van der Waals surface area contributed by atoms with E-state index in [0.717, 1.165) is 0 Å². The fourth-order valence-corrected chi connectivity index (χ4v) is 17.4. The molecule has 2 heteroatoms. The van der Waals surface area contributed by atoms with Crippen LogP contribution in [0.2, 0.25) is 0 Å². The van der Waals surface area contributed by atoms with Crippen LogP contribution >= 0.6 is 0 Å². The van der Waals surface area contributed by atoms with Gasteiger partial charge in [-0.25, -0.2) is 0 Å². The summed E-state index contributed by atoms with van der Waals surface area (Å²) in [6.45, 7) is 19.9. The molecule has 2 saturated carbocycles. The Hall–Kier alpha value is -7.68. The molecule has 2 fully saturated rings. The van der Waals surface area contributed by atoms with E-state index in [0.29, 0.717) is 0 Å². The number of rotatable bonds is 6. The second kappa shape index (κ2) is 17.2. The Morgan fingerprint density at radius 1 is 0.342 bits per heavy atom. The molecule has 0 N–H and O–H groups in total. The summed E-state index contributed by atoms with van der Waals surface area (Å²) in [4.78, 5) is 5.50. The van der Waals surface area contributed by atoms with Crippen LogP contribution in [0.1, 0.15) is 135 Å². The lowest BCUT2D eigenvalue weighted by atomic mass is 9.61. The zero-order valence-electron chi connectivity index (χ0n) is 47.5. The van der Waals surface area contributed by atoms with Gasteiger partial charge >= 0.3 is 0 Å². The van der Waals surface area contributed by atoms with Gasteiger partial charge in [-0.1, -0.05) is 185 Å². The smallest absolute Gasteiger partial charge is 0.0720 e. The quantitative estimate of drug-likeness (QED) is 0.153. The van der Waals surface area contributed by atoms with Gasteiger partial charge in [-0.05, 0) is 226 Å². The first-order chi connectivity index (χ1) is 38.3. The van der Waals surface area contributed by atoms with Gasteiger partial charge in [0.25, 0.3) is 0 Å². The molecule has 10 aromatic carbocycles. The molecule has 0 radical (unpaired) electrons. The Bertz CT molecular complexity index is 4100.